The van der Waals surface area contributed by atoms with Crippen LogP contribution in [0.1, 0.15) is 36.0 Å². The normalized spacial score (nSPS) is 17.2. The van der Waals surface area contributed by atoms with Crippen LogP contribution in [0, 0.1) is 23.0 Å². The highest BCUT2D eigenvalue weighted by Crippen LogP contribution is 2.35. The molecule has 3 aromatic carbocycles. The Hall–Kier alpha value is -4.74. The molecule has 1 aliphatic heterocycles. The van der Waals surface area contributed by atoms with E-state index in [0.717, 1.165) is 19.3 Å². The first kappa shape index (κ1) is 30.3. The molecule has 4 N–H and O–H groups in total. The number of aromatic nitrogens is 2. The van der Waals surface area contributed by atoms with Crippen LogP contribution < -0.4 is 16.0 Å². The molecular weight excluding hydrogens is 598 g/mol. The van der Waals surface area contributed by atoms with E-state index >= 15 is 0 Å². The van der Waals surface area contributed by atoms with Gasteiger partial charge in [0.1, 0.15) is 11.6 Å². The number of nitrogens with zero attached hydrogens (tertiary/aromatic N) is 4. The third kappa shape index (κ3) is 6.54. The van der Waals surface area contributed by atoms with Gasteiger partial charge >= 0.3 is 0 Å². The third-order valence-electron chi connectivity index (χ3n) is 8.11. The maximum atomic E-state index is 14.8. The van der Waals surface area contributed by atoms with Crippen molar-refractivity contribution in [1.29, 1.82) is 5.41 Å². The molecule has 0 radical (unpaired) electrons. The summed E-state index contributed by atoms with van der Waals surface area (Å²) >= 11 is 6.32. The predicted octanol–water partition coefficient (Wildman–Crippen LogP) is 6.36. The van der Waals surface area contributed by atoms with Crippen LogP contribution in [0.3, 0.4) is 0 Å². The highest BCUT2D eigenvalue weighted by Gasteiger charge is 2.31. The van der Waals surface area contributed by atoms with Crippen LogP contribution in [0.4, 0.5) is 26.1 Å². The number of aliphatic imine (C=N–C) groups is 1. The number of amides is 1. The van der Waals surface area contributed by atoms with Gasteiger partial charge < -0.3 is 15.5 Å². The van der Waals surface area contributed by atoms with Gasteiger partial charge in [-0.05, 0) is 75.8 Å². The fraction of sp³-hybridized carbons (Fsp3) is 0.242. The molecule has 1 aromatic heterocycles. The Bertz CT molecular complexity index is 1810. The second-order valence-corrected chi connectivity index (χ2v) is 11.8. The molecule has 9 nitrogen and oxygen atoms in total. The van der Waals surface area contributed by atoms with E-state index < -0.39 is 11.6 Å². The Morgan fingerprint density at radius 1 is 1.00 bits per heavy atom. The summed E-state index contributed by atoms with van der Waals surface area (Å²) in [6.07, 6.45) is 4.16. The van der Waals surface area contributed by atoms with Gasteiger partial charge in [-0.1, -0.05) is 29.8 Å². The molecular formula is C33H31ClF2N8O. The lowest BCUT2D eigenvalue weighted by Crippen LogP contribution is -2.39. The standard InChI is InChI=1S/C33H31ClF2N8O/c1-44(2)23-11-9-18(13-23)31(45)43-32(37)40-21-5-3-6-22(15-21)41-33-39-17-19-16-38-30(28-26(35)7-4-8-27(28)36)25-14-20(34)10-12-24(25)29(19)42-33/h3-8,10,12,14-15,17-18,23H,9,11,13,16H2,1-2H3,(H,39,41,42)(H3,37,40,43,45). The number of nitrogens with one attached hydrogen (secondary N) is 4. The lowest BCUT2D eigenvalue weighted by atomic mass is 9.95. The van der Waals surface area contributed by atoms with Crippen molar-refractivity contribution >= 4 is 46.5 Å². The molecule has 230 valence electrons. The van der Waals surface area contributed by atoms with Crippen molar-refractivity contribution in [2.45, 2.75) is 31.8 Å². The highest BCUT2D eigenvalue weighted by molar-refractivity contribution is 6.31. The number of halogens is 3. The molecule has 2 unspecified atom stereocenters. The molecule has 0 saturated heterocycles. The van der Waals surface area contributed by atoms with Crippen molar-refractivity contribution in [2.75, 3.05) is 24.7 Å². The molecule has 0 bridgehead atoms. The van der Waals surface area contributed by atoms with Gasteiger partial charge in [0.15, 0.2) is 5.96 Å². The van der Waals surface area contributed by atoms with E-state index in [1.54, 1.807) is 42.6 Å². The van der Waals surface area contributed by atoms with Gasteiger partial charge in [0, 0.05) is 51.2 Å². The Morgan fingerprint density at radius 2 is 1.76 bits per heavy atom. The zero-order chi connectivity index (χ0) is 31.7. The lowest BCUT2D eigenvalue weighted by molar-refractivity contribution is -0.123. The van der Waals surface area contributed by atoms with E-state index in [-0.39, 0.29) is 41.6 Å². The molecule has 2 aliphatic rings. The molecule has 1 aliphatic carbocycles. The van der Waals surface area contributed by atoms with E-state index in [4.69, 9.17) is 22.0 Å². The van der Waals surface area contributed by atoms with Gasteiger partial charge in [-0.15, -0.1) is 0 Å². The van der Waals surface area contributed by atoms with Crippen LogP contribution in [0.25, 0.3) is 11.3 Å². The minimum atomic E-state index is -0.725. The van der Waals surface area contributed by atoms with Crippen LogP contribution in [0.15, 0.2) is 71.9 Å². The summed E-state index contributed by atoms with van der Waals surface area (Å²) in [5.41, 5.74) is 3.43. The predicted molar refractivity (Wildman–Crippen MR) is 172 cm³/mol. The molecule has 1 saturated carbocycles. The summed E-state index contributed by atoms with van der Waals surface area (Å²) in [6.45, 7) is 0.106. The fourth-order valence-corrected chi connectivity index (χ4v) is 5.96. The molecule has 2 heterocycles. The summed E-state index contributed by atoms with van der Waals surface area (Å²) in [5, 5.41) is 17.5. The summed E-state index contributed by atoms with van der Waals surface area (Å²) in [6, 6.07) is 16.3. The average Bonchev–Trinajstić information content (AvgIpc) is 3.45. The smallest absolute Gasteiger partial charge is 0.229 e. The number of hydrogen-bond acceptors (Lipinski definition) is 7. The van der Waals surface area contributed by atoms with Crippen LogP contribution in [0.2, 0.25) is 5.02 Å². The Morgan fingerprint density at radius 3 is 2.51 bits per heavy atom. The number of anilines is 3. The molecule has 1 fully saturated rings. The fourth-order valence-electron chi connectivity index (χ4n) is 5.79. The Kier molecular flexibility index (Phi) is 8.55. The lowest BCUT2D eigenvalue weighted by Gasteiger charge is -2.19. The number of guanidine groups is 1. The number of carbonyl (C=O) groups excluding carboxylic acids is 1. The third-order valence-corrected chi connectivity index (χ3v) is 8.34. The van der Waals surface area contributed by atoms with Crippen LogP contribution in [-0.4, -0.2) is 52.6 Å². The van der Waals surface area contributed by atoms with Crippen LogP contribution >= 0.6 is 11.6 Å². The number of rotatable bonds is 6. The van der Waals surface area contributed by atoms with Gasteiger partial charge in [-0.25, -0.2) is 18.7 Å². The van der Waals surface area contributed by atoms with E-state index in [1.807, 2.05) is 20.2 Å². The SMILES string of the molecule is CN(C)C1CCC(C(=O)NC(=N)Nc2cccc(Nc3ncc4c(n3)-c3ccc(Cl)cc3C(c3c(F)cccc3F)=NC4)c2)C1. The van der Waals surface area contributed by atoms with Gasteiger partial charge in [-0.2, -0.15) is 0 Å². The van der Waals surface area contributed by atoms with Crippen molar-refractivity contribution in [3.05, 3.63) is 100 Å². The van der Waals surface area contributed by atoms with Crippen molar-refractivity contribution in [3.8, 4) is 11.3 Å². The number of fused-ring (bicyclic) bond motifs is 3. The number of hydrogen-bond donors (Lipinski definition) is 4. The Balaban J connectivity index is 1.20. The van der Waals surface area contributed by atoms with Gasteiger partial charge in [0.05, 0.1) is 23.5 Å². The summed E-state index contributed by atoms with van der Waals surface area (Å²) < 4.78 is 29.7. The second kappa shape index (κ2) is 12.7. The maximum Gasteiger partial charge on any atom is 0.229 e. The molecule has 4 aromatic rings. The maximum absolute atomic E-state index is 14.8. The topological polar surface area (TPSA) is 118 Å². The van der Waals surface area contributed by atoms with E-state index in [9.17, 15) is 13.6 Å². The first-order valence-electron chi connectivity index (χ1n) is 14.5. The monoisotopic (exact) mass is 628 g/mol. The van der Waals surface area contributed by atoms with Crippen molar-refractivity contribution < 1.29 is 13.6 Å². The highest BCUT2D eigenvalue weighted by atomic mass is 35.5. The number of carbonyl (C=O) groups is 1. The van der Waals surface area contributed by atoms with Crippen molar-refractivity contribution in [2.24, 2.45) is 10.9 Å². The van der Waals surface area contributed by atoms with Crippen molar-refractivity contribution in [1.82, 2.24) is 20.2 Å². The van der Waals surface area contributed by atoms with Crippen LogP contribution in [0.5, 0.6) is 0 Å². The largest absolute Gasteiger partial charge is 0.326 e. The van der Waals surface area contributed by atoms with Gasteiger partial charge in [-0.3, -0.25) is 20.5 Å². The van der Waals surface area contributed by atoms with Gasteiger partial charge in [0.25, 0.3) is 0 Å². The summed E-state index contributed by atoms with van der Waals surface area (Å²) in [5.74, 6) is -1.55. The van der Waals surface area contributed by atoms with Gasteiger partial charge in [0.2, 0.25) is 11.9 Å². The minimum absolute atomic E-state index is 0.106. The Labute approximate surface area is 264 Å². The molecule has 45 heavy (non-hydrogen) atoms. The van der Waals surface area contributed by atoms with E-state index in [1.165, 1.54) is 18.2 Å². The second-order valence-electron chi connectivity index (χ2n) is 11.3. The van der Waals surface area contributed by atoms with Crippen molar-refractivity contribution in [3.63, 3.8) is 0 Å². The number of benzene rings is 3. The average molecular weight is 629 g/mol. The first-order chi connectivity index (χ1) is 21.7. The molecule has 2 atom stereocenters. The van der Waals surface area contributed by atoms with Crippen LogP contribution in [-0.2, 0) is 11.3 Å². The zero-order valence-electron chi connectivity index (χ0n) is 24.7. The van der Waals surface area contributed by atoms with E-state index in [0.29, 0.717) is 44.8 Å². The molecule has 6 rings (SSSR count). The zero-order valence-corrected chi connectivity index (χ0v) is 25.4. The molecule has 1 amide bonds. The minimum Gasteiger partial charge on any atom is -0.326 e. The first-order valence-corrected chi connectivity index (χ1v) is 14.9. The van der Waals surface area contributed by atoms with E-state index in [2.05, 4.69) is 30.8 Å². The molecule has 0 spiro atoms. The quantitative estimate of drug-likeness (QED) is 0.146. The summed E-state index contributed by atoms with van der Waals surface area (Å²) in [7, 11) is 4.03. The summed E-state index contributed by atoms with van der Waals surface area (Å²) in [4.78, 5) is 28.6. The molecule has 12 heteroatoms.